The maximum atomic E-state index is 14.1. The van der Waals surface area contributed by atoms with Gasteiger partial charge >= 0.3 is 0 Å². The van der Waals surface area contributed by atoms with Gasteiger partial charge in [-0.15, -0.1) is 0 Å². The number of rotatable bonds is 7. The highest BCUT2D eigenvalue weighted by atomic mass is 19.1. The van der Waals surface area contributed by atoms with Gasteiger partial charge in [0.25, 0.3) is 0 Å². The van der Waals surface area contributed by atoms with E-state index in [1.54, 1.807) is 6.20 Å². The SMILES string of the molecule is CCCn1ncc(CNC(C)c2cnn(-c3ccc(F)cc3F)c2C)c1C. The minimum atomic E-state index is -0.632. The molecular weight excluding hydrogens is 348 g/mol. The van der Waals surface area contributed by atoms with Crippen LogP contribution in [0.1, 0.15) is 48.8 Å². The second kappa shape index (κ2) is 8.00. The molecule has 0 aliphatic rings. The summed E-state index contributed by atoms with van der Waals surface area (Å²) in [5, 5.41) is 12.2. The van der Waals surface area contributed by atoms with Gasteiger partial charge in [0.2, 0.25) is 0 Å². The second-order valence-corrected chi connectivity index (χ2v) is 6.77. The lowest BCUT2D eigenvalue weighted by Gasteiger charge is -2.14. The summed E-state index contributed by atoms with van der Waals surface area (Å²) in [4.78, 5) is 0. The maximum Gasteiger partial charge on any atom is 0.151 e. The third-order valence-electron chi connectivity index (χ3n) is 4.89. The monoisotopic (exact) mass is 373 g/mol. The number of nitrogens with zero attached hydrogens (tertiary/aromatic N) is 4. The van der Waals surface area contributed by atoms with Gasteiger partial charge in [-0.25, -0.2) is 13.5 Å². The molecule has 3 aromatic rings. The fraction of sp³-hybridized carbons (Fsp3) is 0.400. The molecule has 0 bridgehead atoms. The average Bonchev–Trinajstić information content (AvgIpc) is 3.17. The number of hydrogen-bond donors (Lipinski definition) is 1. The third-order valence-corrected chi connectivity index (χ3v) is 4.89. The van der Waals surface area contributed by atoms with Gasteiger partial charge in [-0.1, -0.05) is 6.92 Å². The summed E-state index contributed by atoms with van der Waals surface area (Å²) < 4.78 is 30.8. The lowest BCUT2D eigenvalue weighted by atomic mass is 10.1. The number of hydrogen-bond acceptors (Lipinski definition) is 3. The Labute approximate surface area is 158 Å². The van der Waals surface area contributed by atoms with E-state index in [1.165, 1.54) is 16.8 Å². The van der Waals surface area contributed by atoms with Gasteiger partial charge in [0.1, 0.15) is 11.5 Å². The minimum Gasteiger partial charge on any atom is -0.306 e. The van der Waals surface area contributed by atoms with E-state index in [2.05, 4.69) is 29.4 Å². The molecular formula is C20H25F2N5. The first-order valence-electron chi connectivity index (χ1n) is 9.17. The Morgan fingerprint density at radius 2 is 1.89 bits per heavy atom. The molecule has 1 atom stereocenters. The highest BCUT2D eigenvalue weighted by Gasteiger charge is 2.17. The van der Waals surface area contributed by atoms with Crippen molar-refractivity contribution in [3.8, 4) is 5.69 Å². The fourth-order valence-electron chi connectivity index (χ4n) is 3.21. The average molecular weight is 373 g/mol. The van der Waals surface area contributed by atoms with Crippen molar-refractivity contribution in [1.29, 1.82) is 0 Å². The molecule has 1 unspecified atom stereocenters. The minimum absolute atomic E-state index is 0.0242. The smallest absolute Gasteiger partial charge is 0.151 e. The van der Waals surface area contributed by atoms with E-state index in [9.17, 15) is 8.78 Å². The van der Waals surface area contributed by atoms with Gasteiger partial charge in [-0.2, -0.15) is 10.2 Å². The lowest BCUT2D eigenvalue weighted by molar-refractivity contribution is 0.561. The van der Waals surface area contributed by atoms with Gasteiger partial charge in [0.05, 0.1) is 12.4 Å². The standard InChI is InChI=1S/C20H25F2N5/c1-5-8-26-14(3)16(11-24-26)10-23-13(2)18-12-25-27(15(18)4)20-7-6-17(21)9-19(20)22/h6-7,9,11-13,23H,5,8,10H2,1-4H3. The highest BCUT2D eigenvalue weighted by Crippen LogP contribution is 2.22. The quantitative estimate of drug-likeness (QED) is 0.674. The number of halogens is 2. The first-order chi connectivity index (χ1) is 12.9. The molecule has 0 aliphatic heterocycles. The molecule has 2 heterocycles. The van der Waals surface area contributed by atoms with Crippen LogP contribution in [-0.4, -0.2) is 19.6 Å². The molecule has 0 saturated heterocycles. The summed E-state index contributed by atoms with van der Waals surface area (Å²) in [5.74, 6) is -1.23. The zero-order valence-corrected chi connectivity index (χ0v) is 16.1. The second-order valence-electron chi connectivity index (χ2n) is 6.77. The Kier molecular flexibility index (Phi) is 5.70. The summed E-state index contributed by atoms with van der Waals surface area (Å²) in [6.45, 7) is 9.73. The van der Waals surface area contributed by atoms with Gasteiger partial charge in [0.15, 0.2) is 5.82 Å². The highest BCUT2D eigenvalue weighted by molar-refractivity contribution is 5.37. The summed E-state index contributed by atoms with van der Waals surface area (Å²) in [7, 11) is 0. The molecule has 0 fully saturated rings. The van der Waals surface area contributed by atoms with Crippen molar-refractivity contribution < 1.29 is 8.78 Å². The Morgan fingerprint density at radius 3 is 2.59 bits per heavy atom. The van der Waals surface area contributed by atoms with Crippen LogP contribution in [0.4, 0.5) is 8.78 Å². The van der Waals surface area contributed by atoms with Crippen molar-refractivity contribution in [3.63, 3.8) is 0 Å². The number of nitrogens with one attached hydrogen (secondary N) is 1. The first kappa shape index (κ1) is 19.2. The van der Waals surface area contributed by atoms with E-state index in [4.69, 9.17) is 0 Å². The normalized spacial score (nSPS) is 12.5. The Morgan fingerprint density at radius 1 is 1.11 bits per heavy atom. The topological polar surface area (TPSA) is 47.7 Å². The summed E-state index contributed by atoms with van der Waals surface area (Å²) in [6, 6.07) is 3.53. The number of aryl methyl sites for hydroxylation is 1. The van der Waals surface area contributed by atoms with Gasteiger partial charge in [-0.3, -0.25) is 4.68 Å². The van der Waals surface area contributed by atoms with Crippen molar-refractivity contribution in [1.82, 2.24) is 24.9 Å². The molecule has 7 heteroatoms. The molecule has 27 heavy (non-hydrogen) atoms. The van der Waals surface area contributed by atoms with E-state index in [0.29, 0.717) is 6.54 Å². The zero-order valence-electron chi connectivity index (χ0n) is 16.1. The molecule has 1 aromatic carbocycles. The van der Waals surface area contributed by atoms with E-state index >= 15 is 0 Å². The number of benzene rings is 1. The van der Waals surface area contributed by atoms with E-state index < -0.39 is 11.6 Å². The van der Waals surface area contributed by atoms with Crippen LogP contribution >= 0.6 is 0 Å². The molecule has 144 valence electrons. The van der Waals surface area contributed by atoms with E-state index in [1.807, 2.05) is 24.7 Å². The predicted molar refractivity (Wildman–Crippen MR) is 101 cm³/mol. The molecule has 0 aliphatic carbocycles. The van der Waals surface area contributed by atoms with Gasteiger partial charge < -0.3 is 5.32 Å². The Bertz CT molecular complexity index is 929. The molecule has 2 aromatic heterocycles. The van der Waals surface area contributed by atoms with E-state index in [0.717, 1.165) is 41.5 Å². The van der Waals surface area contributed by atoms with Gasteiger partial charge in [0, 0.05) is 47.7 Å². The molecule has 1 N–H and O–H groups in total. The fourth-order valence-corrected chi connectivity index (χ4v) is 3.21. The molecule has 0 spiro atoms. The largest absolute Gasteiger partial charge is 0.306 e. The molecule has 0 radical (unpaired) electrons. The van der Waals surface area contributed by atoms with Crippen LogP contribution < -0.4 is 5.32 Å². The van der Waals surface area contributed by atoms with Crippen LogP contribution in [0.25, 0.3) is 5.69 Å². The first-order valence-corrected chi connectivity index (χ1v) is 9.17. The van der Waals surface area contributed by atoms with Crippen LogP contribution in [0.15, 0.2) is 30.6 Å². The van der Waals surface area contributed by atoms with Crippen LogP contribution in [-0.2, 0) is 13.1 Å². The number of aromatic nitrogens is 4. The molecule has 5 nitrogen and oxygen atoms in total. The Balaban J connectivity index is 1.74. The van der Waals surface area contributed by atoms with Crippen molar-refractivity contribution >= 4 is 0 Å². The predicted octanol–water partition coefficient (Wildman–Crippen LogP) is 4.22. The van der Waals surface area contributed by atoms with Crippen molar-refractivity contribution in [2.24, 2.45) is 0 Å². The van der Waals surface area contributed by atoms with Crippen LogP contribution in [0.5, 0.6) is 0 Å². The van der Waals surface area contributed by atoms with Crippen molar-refractivity contribution in [2.45, 2.75) is 53.2 Å². The summed E-state index contributed by atoms with van der Waals surface area (Å²) in [5.41, 5.74) is 4.35. The third kappa shape index (κ3) is 3.93. The Hall–Kier alpha value is -2.54. The van der Waals surface area contributed by atoms with Crippen molar-refractivity contribution in [2.75, 3.05) is 0 Å². The lowest BCUT2D eigenvalue weighted by Crippen LogP contribution is -2.19. The van der Waals surface area contributed by atoms with Crippen molar-refractivity contribution in [3.05, 3.63) is 64.7 Å². The molecule has 0 amide bonds. The molecule has 0 saturated carbocycles. The van der Waals surface area contributed by atoms with Crippen LogP contribution in [0, 0.1) is 25.5 Å². The van der Waals surface area contributed by atoms with Gasteiger partial charge in [-0.05, 0) is 39.3 Å². The summed E-state index contributed by atoms with van der Waals surface area (Å²) in [6.07, 6.45) is 4.67. The van der Waals surface area contributed by atoms with Crippen LogP contribution in [0.3, 0.4) is 0 Å². The van der Waals surface area contributed by atoms with Crippen LogP contribution in [0.2, 0.25) is 0 Å². The van der Waals surface area contributed by atoms with E-state index in [-0.39, 0.29) is 11.7 Å². The molecule has 3 rings (SSSR count). The maximum absolute atomic E-state index is 14.1. The summed E-state index contributed by atoms with van der Waals surface area (Å²) >= 11 is 0. The zero-order chi connectivity index (χ0) is 19.6.